The smallest absolute Gasteiger partial charge is 0.268 e. The van der Waals surface area contributed by atoms with Gasteiger partial charge in [-0.3, -0.25) is 4.79 Å². The first-order valence-electron chi connectivity index (χ1n) is 9.54. The first kappa shape index (κ1) is 18.5. The Kier molecular flexibility index (Phi) is 4.81. The lowest BCUT2D eigenvalue weighted by Crippen LogP contribution is -2.41. The Morgan fingerprint density at radius 2 is 2.07 bits per heavy atom. The number of carbonyl (C=O) groups is 1. The van der Waals surface area contributed by atoms with E-state index in [1.165, 1.54) is 0 Å². The number of fused-ring (bicyclic) bond motifs is 1. The van der Waals surface area contributed by atoms with Gasteiger partial charge in [-0.25, -0.2) is 4.98 Å². The van der Waals surface area contributed by atoms with Gasteiger partial charge in [-0.05, 0) is 55.9 Å². The van der Waals surface area contributed by atoms with Gasteiger partial charge in [0.25, 0.3) is 5.91 Å². The van der Waals surface area contributed by atoms with Gasteiger partial charge in [-0.2, -0.15) is 0 Å². The molecule has 0 bridgehead atoms. The predicted octanol–water partition coefficient (Wildman–Crippen LogP) is 3.43. The summed E-state index contributed by atoms with van der Waals surface area (Å²) < 4.78 is 5.13. The van der Waals surface area contributed by atoms with Gasteiger partial charge in [0, 0.05) is 23.2 Å². The maximum atomic E-state index is 13.1. The van der Waals surface area contributed by atoms with Crippen molar-refractivity contribution in [3.63, 3.8) is 0 Å². The summed E-state index contributed by atoms with van der Waals surface area (Å²) in [5.41, 5.74) is 4.54. The molecule has 0 spiro atoms. The lowest BCUT2D eigenvalue weighted by Gasteiger charge is -2.38. The molecular weight excluding hydrogens is 354 g/mol. The third kappa shape index (κ3) is 3.36. The number of amides is 1. The minimum absolute atomic E-state index is 0.145. The minimum Gasteiger partial charge on any atom is -0.481 e. The molecule has 2 heterocycles. The molecule has 1 atom stereocenters. The average Bonchev–Trinajstić information content (AvgIpc) is 3.00. The molecular formula is C22H25N3O3. The Morgan fingerprint density at radius 3 is 2.71 bits per heavy atom. The number of H-pyrrole nitrogens is 1. The second-order valence-corrected chi connectivity index (χ2v) is 7.64. The van der Waals surface area contributed by atoms with Crippen LogP contribution in [-0.2, 0) is 0 Å². The quantitative estimate of drug-likeness (QED) is 0.634. The van der Waals surface area contributed by atoms with Gasteiger partial charge in [0.1, 0.15) is 5.69 Å². The maximum Gasteiger partial charge on any atom is 0.268 e. The van der Waals surface area contributed by atoms with Crippen LogP contribution >= 0.6 is 0 Å². The highest BCUT2D eigenvalue weighted by molar-refractivity contribution is 6.01. The number of nitrogens with one attached hydrogen (secondary N) is 2. The summed E-state index contributed by atoms with van der Waals surface area (Å²) in [6.45, 7) is 4.00. The normalized spacial score (nSPS) is 19.9. The fourth-order valence-corrected chi connectivity index (χ4v) is 3.95. The molecule has 1 fully saturated rings. The number of aryl methyl sites for hydroxylation is 2. The van der Waals surface area contributed by atoms with Crippen LogP contribution in [0.15, 0.2) is 36.5 Å². The monoisotopic (exact) mass is 379 g/mol. The third-order valence-electron chi connectivity index (χ3n) is 5.68. The molecule has 2 aromatic heterocycles. The van der Waals surface area contributed by atoms with E-state index in [-0.39, 0.29) is 24.0 Å². The number of aromatic nitrogens is 2. The van der Waals surface area contributed by atoms with E-state index in [0.29, 0.717) is 24.4 Å². The van der Waals surface area contributed by atoms with E-state index in [1.807, 2.05) is 32.0 Å². The van der Waals surface area contributed by atoms with E-state index in [1.54, 1.807) is 19.4 Å². The highest BCUT2D eigenvalue weighted by atomic mass is 16.5. The molecule has 6 heteroatoms. The van der Waals surface area contributed by atoms with E-state index in [9.17, 15) is 9.90 Å². The van der Waals surface area contributed by atoms with Crippen LogP contribution in [0.25, 0.3) is 10.9 Å². The van der Waals surface area contributed by atoms with E-state index in [0.717, 1.165) is 27.6 Å². The van der Waals surface area contributed by atoms with Crippen molar-refractivity contribution in [2.24, 2.45) is 5.92 Å². The molecule has 0 aliphatic heterocycles. The highest BCUT2D eigenvalue weighted by Gasteiger charge is 2.36. The Balaban J connectivity index is 1.62. The van der Waals surface area contributed by atoms with E-state index < -0.39 is 0 Å². The summed E-state index contributed by atoms with van der Waals surface area (Å²) in [7, 11) is 1.57. The summed E-state index contributed by atoms with van der Waals surface area (Å²) >= 11 is 0. The van der Waals surface area contributed by atoms with Crippen molar-refractivity contribution >= 4 is 16.8 Å². The molecule has 28 heavy (non-hydrogen) atoms. The summed E-state index contributed by atoms with van der Waals surface area (Å²) in [4.78, 5) is 20.6. The Morgan fingerprint density at radius 1 is 1.29 bits per heavy atom. The summed E-state index contributed by atoms with van der Waals surface area (Å²) in [5.74, 6) is 0.568. The van der Waals surface area contributed by atoms with Crippen LogP contribution in [0.3, 0.4) is 0 Å². The molecule has 146 valence electrons. The van der Waals surface area contributed by atoms with Gasteiger partial charge in [0.05, 0.1) is 19.3 Å². The fourth-order valence-electron chi connectivity index (χ4n) is 3.95. The maximum absolute atomic E-state index is 13.1. The fraction of sp³-hybridized carbons (Fsp3) is 0.364. The van der Waals surface area contributed by atoms with Crippen molar-refractivity contribution in [2.45, 2.75) is 38.8 Å². The minimum atomic E-state index is -0.298. The largest absolute Gasteiger partial charge is 0.481 e. The number of ether oxygens (including phenoxy) is 1. The number of carbonyl (C=O) groups excluding carboxylic acids is 1. The predicted molar refractivity (Wildman–Crippen MR) is 107 cm³/mol. The van der Waals surface area contributed by atoms with Crippen molar-refractivity contribution in [1.82, 2.24) is 15.3 Å². The Bertz CT molecular complexity index is 1000. The lowest BCUT2D eigenvalue weighted by molar-refractivity contribution is 0.0234. The second kappa shape index (κ2) is 7.28. The number of pyridine rings is 1. The number of nitrogens with zero attached hydrogens (tertiary/aromatic N) is 1. The van der Waals surface area contributed by atoms with Gasteiger partial charge in [0.2, 0.25) is 5.88 Å². The molecule has 6 nitrogen and oxygen atoms in total. The standard InChI is InChI=1S/C22H25N3O3/c1-12-4-6-18-17(8-12)13(2)20(24-18)22(27)25-21(15-9-16(26)10-15)14-5-7-19(28-3)23-11-14/h4-8,11,15-16,21,24,26H,9-10H2,1-3H3,(H,25,27)/t15?,16?,21-/m0/s1. The van der Waals surface area contributed by atoms with Crippen LogP contribution < -0.4 is 10.1 Å². The van der Waals surface area contributed by atoms with Crippen molar-refractivity contribution in [2.75, 3.05) is 7.11 Å². The van der Waals surface area contributed by atoms with Crippen LogP contribution in [0, 0.1) is 19.8 Å². The van der Waals surface area contributed by atoms with Crippen LogP contribution in [0.1, 0.15) is 46.1 Å². The number of methoxy groups -OCH3 is 1. The zero-order chi connectivity index (χ0) is 19.8. The molecule has 0 saturated heterocycles. The van der Waals surface area contributed by atoms with E-state index >= 15 is 0 Å². The first-order valence-corrected chi connectivity index (χ1v) is 9.54. The van der Waals surface area contributed by atoms with Crippen molar-refractivity contribution < 1.29 is 14.6 Å². The summed E-state index contributed by atoms with van der Waals surface area (Å²) in [5, 5.41) is 14.0. The van der Waals surface area contributed by atoms with Gasteiger partial charge in [-0.15, -0.1) is 0 Å². The number of hydrogen-bond acceptors (Lipinski definition) is 4. The molecule has 1 aliphatic carbocycles. The average molecular weight is 379 g/mol. The van der Waals surface area contributed by atoms with Gasteiger partial charge in [0.15, 0.2) is 0 Å². The van der Waals surface area contributed by atoms with Crippen LogP contribution in [0.4, 0.5) is 0 Å². The molecule has 1 amide bonds. The number of aromatic amines is 1. The SMILES string of the molecule is COc1ccc([C@H](NC(=O)c2[nH]c3ccc(C)cc3c2C)C2CC(O)C2)cn1. The van der Waals surface area contributed by atoms with Crippen LogP contribution in [0.5, 0.6) is 5.88 Å². The first-order chi connectivity index (χ1) is 13.5. The molecule has 4 rings (SSSR count). The Labute approximate surface area is 163 Å². The molecule has 0 radical (unpaired) electrons. The number of rotatable bonds is 5. The molecule has 3 N–H and O–H groups in total. The Hall–Kier alpha value is -2.86. The lowest BCUT2D eigenvalue weighted by atomic mass is 9.75. The topological polar surface area (TPSA) is 87.2 Å². The summed E-state index contributed by atoms with van der Waals surface area (Å²) in [6.07, 6.45) is 2.77. The van der Waals surface area contributed by atoms with Crippen molar-refractivity contribution in [3.8, 4) is 5.88 Å². The van der Waals surface area contributed by atoms with Crippen LogP contribution in [0.2, 0.25) is 0 Å². The molecule has 1 saturated carbocycles. The molecule has 0 unspecified atom stereocenters. The zero-order valence-electron chi connectivity index (χ0n) is 16.3. The van der Waals surface area contributed by atoms with Gasteiger partial charge >= 0.3 is 0 Å². The van der Waals surface area contributed by atoms with Crippen LogP contribution in [-0.4, -0.2) is 34.2 Å². The summed E-state index contributed by atoms with van der Waals surface area (Å²) in [6, 6.07) is 9.62. The number of hydrogen-bond donors (Lipinski definition) is 3. The van der Waals surface area contributed by atoms with Crippen molar-refractivity contribution in [1.29, 1.82) is 0 Å². The van der Waals surface area contributed by atoms with E-state index in [4.69, 9.17) is 4.74 Å². The zero-order valence-corrected chi connectivity index (χ0v) is 16.3. The molecule has 1 aromatic carbocycles. The second-order valence-electron chi connectivity index (χ2n) is 7.64. The third-order valence-corrected chi connectivity index (χ3v) is 5.68. The molecule has 1 aliphatic rings. The highest BCUT2D eigenvalue weighted by Crippen LogP contribution is 2.38. The number of aliphatic hydroxyl groups excluding tert-OH is 1. The van der Waals surface area contributed by atoms with Gasteiger partial charge in [-0.1, -0.05) is 17.7 Å². The van der Waals surface area contributed by atoms with E-state index in [2.05, 4.69) is 21.4 Å². The number of benzene rings is 1. The van der Waals surface area contributed by atoms with Crippen molar-refractivity contribution in [3.05, 3.63) is 58.9 Å². The molecule has 3 aromatic rings. The van der Waals surface area contributed by atoms with Gasteiger partial charge < -0.3 is 20.1 Å². The number of aliphatic hydroxyl groups is 1.